The number of halogens is 4. The topological polar surface area (TPSA) is 115 Å². The summed E-state index contributed by atoms with van der Waals surface area (Å²) in [6.45, 7) is 3.06. The van der Waals surface area contributed by atoms with E-state index in [1.165, 1.54) is 46.1 Å². The zero-order valence-electron chi connectivity index (χ0n) is 34.0. The van der Waals surface area contributed by atoms with Gasteiger partial charge in [-0.15, -0.1) is 0 Å². The molecule has 0 radical (unpaired) electrons. The molecule has 0 aliphatic heterocycles. The molecule has 0 atom stereocenters. The van der Waals surface area contributed by atoms with Gasteiger partial charge in [0.05, 0.1) is 72.4 Å². The second kappa shape index (κ2) is 23.5. The molecule has 0 unspecified atom stereocenters. The lowest BCUT2D eigenvalue weighted by Crippen LogP contribution is -2.11. The number of ketones is 2. The molecule has 0 spiro atoms. The number of rotatable bonds is 19. The molecule has 61 heavy (non-hydrogen) atoms. The Morgan fingerprint density at radius 2 is 0.885 bits per heavy atom. The summed E-state index contributed by atoms with van der Waals surface area (Å²) in [5.41, 5.74) is 4.03. The van der Waals surface area contributed by atoms with E-state index in [4.69, 9.17) is 74.8 Å². The second-order valence-electron chi connectivity index (χ2n) is 13.1. The van der Waals surface area contributed by atoms with Gasteiger partial charge < -0.3 is 28.4 Å². The normalized spacial score (nSPS) is 10.6. The highest BCUT2D eigenvalue weighted by Gasteiger charge is 2.25. The number of Topliss-reactive ketones (excluding diaryl/α,β-unsaturated/α-hetero) is 2. The Hall–Kier alpha value is -5.52. The number of carbonyl (C=O) groups excluding carboxylic acids is 2. The van der Waals surface area contributed by atoms with E-state index in [1.54, 1.807) is 24.3 Å². The molecule has 0 aliphatic rings. The summed E-state index contributed by atoms with van der Waals surface area (Å²) in [5, 5.41) is 1.35. The SMILES string of the molecule is CCOc1ccc(C(=O)Cc2c(Cl)cncc2Cl)c(OCCc2ccccc2)c1OC.COc1ccc(C(=O)Cc2c(Cl)cncc2Cl)c(OCCc2ccccc2)c1OC. The molecule has 0 aliphatic carbocycles. The van der Waals surface area contributed by atoms with Crippen LogP contribution in [0.25, 0.3) is 0 Å². The maximum absolute atomic E-state index is 13.2. The summed E-state index contributed by atoms with van der Waals surface area (Å²) in [7, 11) is 4.56. The summed E-state index contributed by atoms with van der Waals surface area (Å²) in [4.78, 5) is 34.2. The average molecular weight is 907 g/mol. The Morgan fingerprint density at radius 1 is 0.492 bits per heavy atom. The molecule has 2 heterocycles. The lowest BCUT2D eigenvalue weighted by Gasteiger charge is -2.18. The minimum absolute atomic E-state index is 0.00468. The quantitative estimate of drug-likeness (QED) is 0.0728. The van der Waals surface area contributed by atoms with Crippen LogP contribution < -0.4 is 28.4 Å². The molecule has 0 amide bonds. The summed E-state index contributed by atoms with van der Waals surface area (Å²) in [6.07, 6.45) is 7.22. The van der Waals surface area contributed by atoms with E-state index >= 15 is 0 Å². The van der Waals surface area contributed by atoms with Crippen molar-refractivity contribution in [3.05, 3.63) is 163 Å². The molecule has 318 valence electrons. The minimum atomic E-state index is -0.208. The van der Waals surface area contributed by atoms with Crippen molar-refractivity contribution >= 4 is 58.0 Å². The first-order valence-electron chi connectivity index (χ1n) is 19.1. The second-order valence-corrected chi connectivity index (χ2v) is 14.7. The number of aromatic nitrogens is 2. The van der Waals surface area contributed by atoms with Crippen molar-refractivity contribution in [2.75, 3.05) is 41.2 Å². The zero-order chi connectivity index (χ0) is 43.7. The van der Waals surface area contributed by atoms with Crippen LogP contribution in [-0.2, 0) is 25.7 Å². The Bertz CT molecular complexity index is 2360. The van der Waals surface area contributed by atoms with Crippen LogP contribution in [0.5, 0.6) is 34.5 Å². The van der Waals surface area contributed by atoms with Gasteiger partial charge >= 0.3 is 0 Å². The fraction of sp³-hybridized carbons (Fsp3) is 0.234. The number of methoxy groups -OCH3 is 3. The fourth-order valence-corrected chi connectivity index (χ4v) is 7.18. The third kappa shape index (κ3) is 12.5. The molecule has 0 bridgehead atoms. The van der Waals surface area contributed by atoms with Gasteiger partial charge in [0.2, 0.25) is 11.5 Å². The van der Waals surface area contributed by atoms with Crippen LogP contribution in [0.2, 0.25) is 20.1 Å². The molecular weight excluding hydrogens is 862 g/mol. The van der Waals surface area contributed by atoms with Gasteiger partial charge in [0, 0.05) is 61.6 Å². The van der Waals surface area contributed by atoms with Crippen molar-refractivity contribution in [3.8, 4) is 34.5 Å². The number of benzene rings is 4. The van der Waals surface area contributed by atoms with Crippen LogP contribution in [0, 0.1) is 0 Å². The van der Waals surface area contributed by atoms with Gasteiger partial charge in [0.1, 0.15) is 0 Å². The first kappa shape index (κ1) is 46.5. The molecule has 0 saturated carbocycles. The van der Waals surface area contributed by atoms with E-state index in [-0.39, 0.29) is 24.4 Å². The van der Waals surface area contributed by atoms with Crippen LogP contribution in [0.15, 0.2) is 110 Å². The van der Waals surface area contributed by atoms with E-state index in [0.717, 1.165) is 11.1 Å². The number of nitrogens with zero attached hydrogens (tertiary/aromatic N) is 2. The van der Waals surface area contributed by atoms with Gasteiger partial charge in [0.25, 0.3) is 0 Å². The number of hydrogen-bond acceptors (Lipinski definition) is 10. The van der Waals surface area contributed by atoms with Crippen LogP contribution in [0.4, 0.5) is 0 Å². The standard InChI is InChI=1S/C24H23Cl2NO4.C23H21Cl2NO4/c1-3-30-22-10-9-17(21(28)13-18-19(25)14-27-15-20(18)26)23(24(22)29-2)31-12-11-16-7-5-4-6-8-16;1-28-21-9-8-16(20(27)12-17-18(24)13-26-14-19(17)25)22(23(21)29-2)30-11-10-15-6-4-3-5-7-15/h4-10,14-15H,3,11-13H2,1-2H3;3-9,13-14H,10-12H2,1-2H3. The van der Waals surface area contributed by atoms with Crippen molar-refractivity contribution in [3.63, 3.8) is 0 Å². The van der Waals surface area contributed by atoms with E-state index in [1.807, 2.05) is 67.6 Å². The molecule has 0 fully saturated rings. The van der Waals surface area contributed by atoms with Crippen LogP contribution in [0.1, 0.15) is 49.9 Å². The third-order valence-corrected chi connectivity index (χ3v) is 10.5. The van der Waals surface area contributed by atoms with Crippen LogP contribution in [-0.4, -0.2) is 62.7 Å². The molecule has 6 rings (SSSR count). The fourth-order valence-electron chi connectivity index (χ4n) is 6.19. The van der Waals surface area contributed by atoms with Crippen molar-refractivity contribution in [1.82, 2.24) is 9.97 Å². The van der Waals surface area contributed by atoms with Crippen LogP contribution >= 0.6 is 46.4 Å². The van der Waals surface area contributed by atoms with E-state index in [9.17, 15) is 9.59 Å². The lowest BCUT2D eigenvalue weighted by atomic mass is 10.0. The summed E-state index contributed by atoms with van der Waals surface area (Å²) in [6, 6.07) is 26.6. The molecule has 4 aromatic carbocycles. The summed E-state index contributed by atoms with van der Waals surface area (Å²) in [5.74, 6) is 2.00. The predicted octanol–water partition coefficient (Wildman–Crippen LogP) is 11.3. The van der Waals surface area contributed by atoms with Gasteiger partial charge in [-0.3, -0.25) is 19.6 Å². The summed E-state index contributed by atoms with van der Waals surface area (Å²) >= 11 is 24.8. The Morgan fingerprint density at radius 3 is 1.26 bits per heavy atom. The molecular formula is C47H44Cl4N2O8. The monoisotopic (exact) mass is 904 g/mol. The van der Waals surface area contributed by atoms with Crippen molar-refractivity contribution in [2.24, 2.45) is 0 Å². The number of carbonyl (C=O) groups is 2. The first-order valence-corrected chi connectivity index (χ1v) is 20.7. The number of pyridine rings is 2. The molecule has 0 saturated heterocycles. The first-order chi connectivity index (χ1) is 29.6. The maximum atomic E-state index is 13.2. The van der Waals surface area contributed by atoms with Crippen molar-refractivity contribution < 1.29 is 38.0 Å². The Balaban J connectivity index is 0.000000231. The highest BCUT2D eigenvalue weighted by Crippen LogP contribution is 2.42. The highest BCUT2D eigenvalue weighted by molar-refractivity contribution is 6.36. The summed E-state index contributed by atoms with van der Waals surface area (Å²) < 4.78 is 34.2. The van der Waals surface area contributed by atoms with Crippen LogP contribution in [0.3, 0.4) is 0 Å². The van der Waals surface area contributed by atoms with Gasteiger partial charge in [-0.1, -0.05) is 107 Å². The number of hydrogen-bond donors (Lipinski definition) is 0. The minimum Gasteiger partial charge on any atom is -0.493 e. The molecule has 0 N–H and O–H groups in total. The van der Waals surface area contributed by atoms with Gasteiger partial charge in [-0.05, 0) is 42.3 Å². The molecule has 10 nitrogen and oxygen atoms in total. The molecule has 6 aromatic rings. The van der Waals surface area contributed by atoms with Gasteiger partial charge in [-0.25, -0.2) is 0 Å². The van der Waals surface area contributed by atoms with Crippen molar-refractivity contribution in [2.45, 2.75) is 32.6 Å². The van der Waals surface area contributed by atoms with Gasteiger partial charge in [0.15, 0.2) is 34.6 Å². The van der Waals surface area contributed by atoms with Gasteiger partial charge in [-0.2, -0.15) is 0 Å². The third-order valence-electron chi connectivity index (χ3n) is 9.22. The zero-order valence-corrected chi connectivity index (χ0v) is 37.0. The Kier molecular flexibility index (Phi) is 17.9. The average Bonchev–Trinajstić information content (AvgIpc) is 3.27. The van der Waals surface area contributed by atoms with Crippen molar-refractivity contribution in [1.29, 1.82) is 0 Å². The van der Waals surface area contributed by atoms with E-state index in [2.05, 4.69) is 9.97 Å². The van der Waals surface area contributed by atoms with E-state index < -0.39 is 0 Å². The predicted molar refractivity (Wildman–Crippen MR) is 240 cm³/mol. The van der Waals surface area contributed by atoms with E-state index in [0.29, 0.717) is 110 Å². The number of ether oxygens (including phenoxy) is 6. The maximum Gasteiger partial charge on any atom is 0.204 e. The smallest absolute Gasteiger partial charge is 0.204 e. The lowest BCUT2D eigenvalue weighted by molar-refractivity contribution is 0.0979. The Labute approximate surface area is 375 Å². The molecule has 2 aromatic heterocycles. The molecule has 14 heteroatoms. The largest absolute Gasteiger partial charge is 0.493 e. The highest BCUT2D eigenvalue weighted by atomic mass is 35.5.